The zero-order valence-corrected chi connectivity index (χ0v) is 8.35. The van der Waals surface area contributed by atoms with Gasteiger partial charge in [0.1, 0.15) is 0 Å². The second-order valence-electron chi connectivity index (χ2n) is 3.93. The summed E-state index contributed by atoms with van der Waals surface area (Å²) in [6.45, 7) is 3.42. The average molecular weight is 189 g/mol. The molecule has 2 aliphatic heterocycles. The highest BCUT2D eigenvalue weighted by Gasteiger charge is 2.44. The van der Waals surface area contributed by atoms with Gasteiger partial charge in [0.2, 0.25) is 0 Å². The SMILES string of the molecule is OC1COCC12CCN(P)CC2. The van der Waals surface area contributed by atoms with Crippen LogP contribution in [0.5, 0.6) is 0 Å². The van der Waals surface area contributed by atoms with Gasteiger partial charge in [-0.05, 0) is 12.8 Å². The molecule has 3 nitrogen and oxygen atoms in total. The van der Waals surface area contributed by atoms with Gasteiger partial charge < -0.3 is 9.84 Å². The highest BCUT2D eigenvalue weighted by atomic mass is 31.0. The number of ether oxygens (including phenoxy) is 1. The van der Waals surface area contributed by atoms with Crippen molar-refractivity contribution in [1.82, 2.24) is 4.67 Å². The highest BCUT2D eigenvalue weighted by molar-refractivity contribution is 7.13. The molecular formula is C8H16NO2P. The summed E-state index contributed by atoms with van der Waals surface area (Å²) in [6.07, 6.45) is 1.91. The number of aliphatic hydroxyl groups is 1. The van der Waals surface area contributed by atoms with Gasteiger partial charge in [0.25, 0.3) is 0 Å². The van der Waals surface area contributed by atoms with Crippen molar-refractivity contribution in [3.8, 4) is 0 Å². The molecule has 0 aromatic rings. The van der Waals surface area contributed by atoms with Crippen LogP contribution in [0.3, 0.4) is 0 Å². The lowest BCUT2D eigenvalue weighted by molar-refractivity contribution is 0.0310. The van der Waals surface area contributed by atoms with Crippen LogP contribution < -0.4 is 0 Å². The lowest BCUT2D eigenvalue weighted by Crippen LogP contribution is -2.42. The fraction of sp³-hybridized carbons (Fsp3) is 1.00. The number of aliphatic hydroxyl groups excluding tert-OH is 1. The Labute approximate surface area is 75.3 Å². The summed E-state index contributed by atoms with van der Waals surface area (Å²) in [5.41, 5.74) is 0.0903. The van der Waals surface area contributed by atoms with Gasteiger partial charge in [-0.15, -0.1) is 0 Å². The summed E-state index contributed by atoms with van der Waals surface area (Å²) in [5.74, 6) is 0. The van der Waals surface area contributed by atoms with Crippen LogP contribution in [0, 0.1) is 5.41 Å². The van der Waals surface area contributed by atoms with Crippen LogP contribution in [0.25, 0.3) is 0 Å². The van der Waals surface area contributed by atoms with E-state index in [9.17, 15) is 5.11 Å². The fourth-order valence-electron chi connectivity index (χ4n) is 2.09. The molecule has 2 rings (SSSR count). The smallest absolute Gasteiger partial charge is 0.0852 e. The number of piperidine rings is 1. The monoisotopic (exact) mass is 189 g/mol. The quantitative estimate of drug-likeness (QED) is 0.554. The van der Waals surface area contributed by atoms with E-state index in [2.05, 4.69) is 14.1 Å². The molecule has 2 atom stereocenters. The molecule has 2 unspecified atom stereocenters. The summed E-state index contributed by atoms with van der Waals surface area (Å²) in [4.78, 5) is 0. The predicted molar refractivity (Wildman–Crippen MR) is 49.8 cm³/mol. The molecule has 2 aliphatic rings. The highest BCUT2D eigenvalue weighted by Crippen LogP contribution is 2.39. The van der Waals surface area contributed by atoms with E-state index in [1.165, 1.54) is 0 Å². The van der Waals surface area contributed by atoms with Crippen LogP contribution in [-0.4, -0.2) is 42.2 Å². The van der Waals surface area contributed by atoms with Crippen LogP contribution >= 0.6 is 9.39 Å². The number of rotatable bonds is 0. The first-order chi connectivity index (χ1) is 5.73. The Kier molecular flexibility index (Phi) is 2.39. The van der Waals surface area contributed by atoms with Crippen LogP contribution in [0.4, 0.5) is 0 Å². The molecule has 70 valence electrons. The Balaban J connectivity index is 2.02. The number of nitrogens with zero attached hydrogens (tertiary/aromatic N) is 1. The van der Waals surface area contributed by atoms with Crippen molar-refractivity contribution in [1.29, 1.82) is 0 Å². The first-order valence-corrected chi connectivity index (χ1v) is 5.00. The van der Waals surface area contributed by atoms with Gasteiger partial charge in [0.15, 0.2) is 0 Å². The molecule has 0 aliphatic carbocycles. The molecule has 2 saturated heterocycles. The molecule has 12 heavy (non-hydrogen) atoms. The zero-order chi connectivity index (χ0) is 8.60. The lowest BCUT2D eigenvalue weighted by Gasteiger charge is -2.38. The molecule has 1 spiro atoms. The van der Waals surface area contributed by atoms with E-state index in [1.54, 1.807) is 0 Å². The van der Waals surface area contributed by atoms with Crippen LogP contribution in [0.2, 0.25) is 0 Å². The first kappa shape index (κ1) is 8.89. The summed E-state index contributed by atoms with van der Waals surface area (Å²) in [6, 6.07) is 0. The summed E-state index contributed by atoms with van der Waals surface area (Å²) >= 11 is 0. The first-order valence-electron chi connectivity index (χ1n) is 4.48. The van der Waals surface area contributed by atoms with E-state index in [1.807, 2.05) is 0 Å². The van der Waals surface area contributed by atoms with Gasteiger partial charge >= 0.3 is 0 Å². The third-order valence-electron chi connectivity index (χ3n) is 3.17. The van der Waals surface area contributed by atoms with E-state index in [-0.39, 0.29) is 11.5 Å². The van der Waals surface area contributed by atoms with Crippen LogP contribution in [-0.2, 0) is 4.74 Å². The third-order valence-corrected chi connectivity index (χ3v) is 3.68. The van der Waals surface area contributed by atoms with Crippen molar-refractivity contribution < 1.29 is 9.84 Å². The fourth-order valence-corrected chi connectivity index (χ4v) is 2.35. The van der Waals surface area contributed by atoms with Gasteiger partial charge in [0, 0.05) is 18.5 Å². The van der Waals surface area contributed by atoms with E-state index in [4.69, 9.17) is 4.74 Å². The van der Waals surface area contributed by atoms with Gasteiger partial charge in [-0.2, -0.15) is 0 Å². The minimum Gasteiger partial charge on any atom is -0.390 e. The van der Waals surface area contributed by atoms with E-state index >= 15 is 0 Å². The molecule has 2 heterocycles. The third kappa shape index (κ3) is 1.39. The normalized spacial score (nSPS) is 36.0. The summed E-state index contributed by atoms with van der Waals surface area (Å²) < 4.78 is 7.54. The molecule has 2 fully saturated rings. The van der Waals surface area contributed by atoms with Gasteiger partial charge in [0.05, 0.1) is 19.3 Å². The van der Waals surface area contributed by atoms with E-state index < -0.39 is 0 Å². The van der Waals surface area contributed by atoms with Crippen molar-refractivity contribution in [3.05, 3.63) is 0 Å². The zero-order valence-electron chi connectivity index (χ0n) is 7.20. The molecule has 0 aromatic carbocycles. The molecular weight excluding hydrogens is 173 g/mol. The Morgan fingerprint density at radius 1 is 1.42 bits per heavy atom. The molecule has 0 saturated carbocycles. The maximum atomic E-state index is 9.74. The molecule has 1 N–H and O–H groups in total. The lowest BCUT2D eigenvalue weighted by atomic mass is 9.76. The number of hydrogen-bond acceptors (Lipinski definition) is 3. The predicted octanol–water partition coefficient (Wildman–Crippen LogP) is 0.250. The van der Waals surface area contributed by atoms with Gasteiger partial charge in [-0.25, -0.2) is 0 Å². The van der Waals surface area contributed by atoms with Crippen molar-refractivity contribution in [2.24, 2.45) is 5.41 Å². The van der Waals surface area contributed by atoms with Gasteiger partial charge in [-0.3, -0.25) is 4.67 Å². The van der Waals surface area contributed by atoms with Crippen molar-refractivity contribution >= 4 is 9.39 Å². The minimum atomic E-state index is -0.226. The van der Waals surface area contributed by atoms with Crippen molar-refractivity contribution in [2.75, 3.05) is 26.3 Å². The van der Waals surface area contributed by atoms with E-state index in [0.717, 1.165) is 32.5 Å². The van der Waals surface area contributed by atoms with Crippen molar-refractivity contribution in [3.63, 3.8) is 0 Å². The van der Waals surface area contributed by atoms with Crippen molar-refractivity contribution in [2.45, 2.75) is 18.9 Å². The van der Waals surface area contributed by atoms with E-state index in [0.29, 0.717) is 6.61 Å². The standard InChI is InChI=1S/C8H16NO2P/c10-7-5-11-6-8(7)1-3-9(12)4-2-8/h7,10H,1-6,12H2. The topological polar surface area (TPSA) is 32.7 Å². The van der Waals surface area contributed by atoms with Crippen LogP contribution in [0.15, 0.2) is 0 Å². The second kappa shape index (κ2) is 3.22. The second-order valence-corrected chi connectivity index (χ2v) is 4.66. The number of hydrogen-bond donors (Lipinski definition) is 1. The molecule has 4 heteroatoms. The van der Waals surface area contributed by atoms with Crippen LogP contribution in [0.1, 0.15) is 12.8 Å². The minimum absolute atomic E-state index is 0.0903. The Hall–Kier alpha value is 0.310. The Morgan fingerprint density at radius 3 is 2.58 bits per heavy atom. The molecule has 0 amide bonds. The summed E-state index contributed by atoms with van der Waals surface area (Å²) in [5, 5.41) is 9.74. The van der Waals surface area contributed by atoms with Gasteiger partial charge in [-0.1, -0.05) is 9.39 Å². The molecule has 0 radical (unpaired) electrons. The molecule has 0 bridgehead atoms. The maximum absolute atomic E-state index is 9.74. The maximum Gasteiger partial charge on any atom is 0.0852 e. The Morgan fingerprint density at radius 2 is 2.08 bits per heavy atom. The average Bonchev–Trinajstić information content (AvgIpc) is 2.41. The molecule has 0 aromatic heterocycles. The summed E-state index contributed by atoms with van der Waals surface area (Å²) in [7, 11) is 2.72. The largest absolute Gasteiger partial charge is 0.390 e. The Bertz CT molecular complexity index is 168.